The van der Waals surface area contributed by atoms with E-state index in [0.29, 0.717) is 170 Å². The molecule has 0 unspecified atom stereocenters. The smallest absolute Gasteiger partial charge is 0.253 e. The van der Waals surface area contributed by atoms with Gasteiger partial charge in [0.15, 0.2) is 29.1 Å². The molecule has 96 heavy (non-hydrogen) atoms. The molecular formula is C70H96F2N2O22. The van der Waals surface area contributed by atoms with E-state index in [0.717, 1.165) is 27.7 Å². The van der Waals surface area contributed by atoms with Crippen LogP contribution in [-0.2, 0) is 108 Å². The summed E-state index contributed by atoms with van der Waals surface area (Å²) in [4.78, 5) is 75.1. The molecule has 2 aromatic rings. The number of hydrogen-bond donors (Lipinski definition) is 3. The molecule has 2 aromatic carbocycles. The molecule has 1 saturated heterocycles. The van der Waals surface area contributed by atoms with Gasteiger partial charge in [0, 0.05) is 66.8 Å². The predicted molar refractivity (Wildman–Crippen MR) is 340 cm³/mol. The van der Waals surface area contributed by atoms with E-state index in [1.54, 1.807) is 6.92 Å². The minimum absolute atomic E-state index is 0.0142. The first-order valence-corrected chi connectivity index (χ1v) is 33.4. The second kappa shape index (κ2) is 38.7. The Balaban J connectivity index is 0.550. The lowest BCUT2D eigenvalue weighted by molar-refractivity contribution is -0.235. The van der Waals surface area contributed by atoms with Crippen LogP contribution in [0.5, 0.6) is 0 Å². The summed E-state index contributed by atoms with van der Waals surface area (Å²) in [7, 11) is 0. The molecule has 2 heterocycles. The minimum Gasteiger partial charge on any atom is -0.390 e. The lowest BCUT2D eigenvalue weighted by atomic mass is 9.44. The molecule has 6 aliphatic rings. The standard InChI is InChI=1S/C70H96F2N2O22/c1-67-15-12-54(76)45-58(67)59(71)46-57-56-47-62-70(61(79)49-75,68(56,2)48-60(78)69(57,67)72)96-66(95-62)53-8-6-50(7-9-53)42-51-4-3-5-52(43-51)44-55(77)14-18-83-20-22-85-24-26-87-28-30-89-32-34-91-36-38-93-40-41-94-39-37-92-35-33-90-31-29-88-27-25-86-23-21-84-19-16-73-63(80)13-17-74-64(81)10-11-65(74)82/h3-12,15,43,45,56-57,59-60,62,66,75,78H,13-14,16-42,44,46-49H2,1-2H3,(H,73,80)/t56-,57-,59-,60-,62+,66+,67-,68-,69-,70+/m0/s1. The molecule has 26 heteroatoms. The van der Waals surface area contributed by atoms with Gasteiger partial charge in [-0.3, -0.25) is 33.7 Å². The van der Waals surface area contributed by atoms with Crippen LogP contribution in [-0.4, -0.2) is 258 Å². The van der Waals surface area contributed by atoms with Crippen LogP contribution >= 0.6 is 0 Å². The van der Waals surface area contributed by atoms with Crippen molar-refractivity contribution >= 4 is 35.1 Å². The number of amides is 3. The van der Waals surface area contributed by atoms with Crippen molar-refractivity contribution < 1.29 is 114 Å². The maximum absolute atomic E-state index is 17.8. The fourth-order valence-corrected chi connectivity index (χ4v) is 13.8. The zero-order chi connectivity index (χ0) is 68.2. The summed E-state index contributed by atoms with van der Waals surface area (Å²) in [5.41, 5.74) is -3.36. The zero-order valence-corrected chi connectivity index (χ0v) is 55.3. The van der Waals surface area contributed by atoms with Crippen molar-refractivity contribution in [2.45, 2.75) is 94.7 Å². The first kappa shape index (κ1) is 76.3. The van der Waals surface area contributed by atoms with Gasteiger partial charge in [0.1, 0.15) is 18.6 Å². The normalized spacial score (nSPS) is 26.5. The van der Waals surface area contributed by atoms with Crippen molar-refractivity contribution in [1.29, 1.82) is 0 Å². The van der Waals surface area contributed by atoms with E-state index in [-0.39, 0.29) is 68.9 Å². The van der Waals surface area contributed by atoms with E-state index in [2.05, 4.69) is 5.32 Å². The second-order valence-corrected chi connectivity index (χ2v) is 24.8. The van der Waals surface area contributed by atoms with E-state index in [9.17, 15) is 39.0 Å². The topological polar surface area (TPSA) is 287 Å². The Morgan fingerprint density at radius 2 is 1.10 bits per heavy atom. The van der Waals surface area contributed by atoms with Crippen LogP contribution in [0.3, 0.4) is 0 Å². The molecule has 532 valence electrons. The first-order chi connectivity index (χ1) is 46.5. The van der Waals surface area contributed by atoms with Gasteiger partial charge >= 0.3 is 0 Å². The minimum atomic E-state index is -2.34. The number of carbonyl (C=O) groups is 6. The molecule has 2 aliphatic heterocycles. The fourth-order valence-electron chi connectivity index (χ4n) is 13.8. The van der Waals surface area contributed by atoms with Gasteiger partial charge < -0.3 is 81.8 Å². The van der Waals surface area contributed by atoms with E-state index in [4.69, 9.17) is 66.3 Å². The third kappa shape index (κ3) is 20.3. The van der Waals surface area contributed by atoms with Crippen molar-refractivity contribution in [2.24, 2.45) is 22.7 Å². The summed E-state index contributed by atoms with van der Waals surface area (Å²) in [6, 6.07) is 15.4. The molecule has 0 radical (unpaired) electrons. The molecule has 0 aromatic heterocycles. The number of carbonyl (C=O) groups excluding carboxylic acids is 6. The summed E-state index contributed by atoms with van der Waals surface area (Å²) in [5, 5.41) is 24.9. The van der Waals surface area contributed by atoms with Gasteiger partial charge in [-0.05, 0) is 72.9 Å². The monoisotopic (exact) mass is 1350 g/mol. The molecule has 24 nitrogen and oxygen atoms in total. The number of benzene rings is 2. The Morgan fingerprint density at radius 1 is 0.615 bits per heavy atom. The number of nitrogens with one attached hydrogen (secondary N) is 1. The van der Waals surface area contributed by atoms with Crippen molar-refractivity contribution in [2.75, 3.05) is 178 Å². The number of allylic oxidation sites excluding steroid dienone is 4. The van der Waals surface area contributed by atoms with Crippen molar-refractivity contribution in [3.05, 3.63) is 107 Å². The number of Topliss-reactive ketones (excluding diaryl/α,β-unsaturated/α-hetero) is 2. The highest BCUT2D eigenvalue weighted by Gasteiger charge is 2.80. The van der Waals surface area contributed by atoms with Crippen LogP contribution in [0.2, 0.25) is 0 Å². The molecule has 3 N–H and O–H groups in total. The van der Waals surface area contributed by atoms with Gasteiger partial charge in [-0.1, -0.05) is 61.5 Å². The number of aliphatic hydroxyl groups is 2. The quantitative estimate of drug-likeness (QED) is 0.0622. The highest BCUT2D eigenvalue weighted by Crippen LogP contribution is 2.72. The summed E-state index contributed by atoms with van der Waals surface area (Å²) in [5.74, 6) is -3.79. The maximum Gasteiger partial charge on any atom is 0.253 e. The fraction of sp³-hybridized carbons (Fsp3) is 0.657. The van der Waals surface area contributed by atoms with Crippen LogP contribution in [0.15, 0.2) is 84.5 Å². The number of hydrogen-bond acceptors (Lipinski definition) is 22. The van der Waals surface area contributed by atoms with E-state index in [1.807, 2.05) is 48.5 Å². The average molecular weight is 1360 g/mol. The van der Waals surface area contributed by atoms with Crippen LogP contribution in [0, 0.1) is 22.7 Å². The SMILES string of the molecule is C[C@]12C=CC(=O)C=C1[C@@H](F)C[C@H]1[C@@H]3C[C@H]4O[C@@H](c5ccc(Cc6cccc(CC(=O)CCOCCOCCOCCOCCOCCOCCOCCOCCOCCOCCOCCOCCNC(=O)CCN7C(=O)C=CC7=O)c6)cc5)O[C@@]4(C(=O)CO)[C@@]3(C)C[C@H](O)[C@@]12F. The third-order valence-corrected chi connectivity index (χ3v) is 18.6. The summed E-state index contributed by atoms with van der Waals surface area (Å²) in [6.07, 6.45) is 1.73. The molecular weight excluding hydrogens is 1260 g/mol. The predicted octanol–water partition coefficient (Wildman–Crippen LogP) is 4.05. The Hall–Kier alpha value is -5.50. The second-order valence-electron chi connectivity index (χ2n) is 24.8. The Bertz CT molecular complexity index is 2900. The van der Waals surface area contributed by atoms with E-state index < -0.39 is 88.6 Å². The summed E-state index contributed by atoms with van der Waals surface area (Å²) < 4.78 is 113. The lowest BCUT2D eigenvalue weighted by Crippen LogP contribution is -2.70. The van der Waals surface area contributed by atoms with Crippen LogP contribution < -0.4 is 5.32 Å². The van der Waals surface area contributed by atoms with E-state index in [1.165, 1.54) is 31.2 Å². The van der Waals surface area contributed by atoms with Crippen LogP contribution in [0.25, 0.3) is 0 Å². The molecule has 10 atom stereocenters. The summed E-state index contributed by atoms with van der Waals surface area (Å²) >= 11 is 0. The highest BCUT2D eigenvalue weighted by atomic mass is 19.1. The van der Waals surface area contributed by atoms with Gasteiger partial charge in [0.2, 0.25) is 5.91 Å². The van der Waals surface area contributed by atoms with E-state index >= 15 is 8.78 Å². The number of alkyl halides is 2. The van der Waals surface area contributed by atoms with Crippen LogP contribution in [0.1, 0.15) is 74.5 Å². The van der Waals surface area contributed by atoms with Gasteiger partial charge in [0.05, 0.1) is 171 Å². The van der Waals surface area contributed by atoms with Crippen LogP contribution in [0.4, 0.5) is 8.78 Å². The Morgan fingerprint density at radius 3 is 1.61 bits per heavy atom. The number of nitrogens with zero attached hydrogens (tertiary/aromatic N) is 1. The summed E-state index contributed by atoms with van der Waals surface area (Å²) in [6.45, 7) is 12.6. The van der Waals surface area contributed by atoms with Gasteiger partial charge in [0.25, 0.3) is 11.8 Å². The largest absolute Gasteiger partial charge is 0.390 e. The first-order valence-electron chi connectivity index (χ1n) is 33.4. The number of halogens is 2. The molecule has 3 amide bonds. The zero-order valence-electron chi connectivity index (χ0n) is 55.3. The molecule has 3 saturated carbocycles. The Labute approximate surface area is 559 Å². The van der Waals surface area contributed by atoms with Crippen molar-refractivity contribution in [1.82, 2.24) is 10.2 Å². The Kier molecular flexibility index (Phi) is 30.8. The molecule has 0 bridgehead atoms. The molecule has 0 spiro atoms. The van der Waals surface area contributed by atoms with Crippen molar-refractivity contribution in [3.63, 3.8) is 0 Å². The molecule has 4 fully saturated rings. The number of rotatable bonds is 49. The van der Waals surface area contributed by atoms with Crippen molar-refractivity contribution in [3.8, 4) is 0 Å². The van der Waals surface area contributed by atoms with Gasteiger partial charge in [-0.25, -0.2) is 8.78 Å². The number of ketones is 3. The molecule has 8 rings (SSSR count). The number of fused-ring (bicyclic) bond motifs is 7. The van der Waals surface area contributed by atoms with Gasteiger partial charge in [-0.2, -0.15) is 0 Å². The third-order valence-electron chi connectivity index (χ3n) is 18.6. The number of ether oxygens (including phenoxy) is 14. The number of aliphatic hydroxyl groups excluding tert-OH is 2. The molecule has 4 aliphatic carbocycles. The van der Waals surface area contributed by atoms with Gasteiger partial charge in [-0.15, -0.1) is 0 Å². The average Bonchev–Trinajstić information content (AvgIpc) is 1.39. The number of imide groups is 1. The maximum atomic E-state index is 17.8. The lowest BCUT2D eigenvalue weighted by Gasteiger charge is -2.63. The highest BCUT2D eigenvalue weighted by molar-refractivity contribution is 6.13.